The first-order valence-corrected chi connectivity index (χ1v) is 8.82. The highest BCUT2D eigenvalue weighted by Crippen LogP contribution is 2.33. The molecule has 0 aliphatic heterocycles. The van der Waals surface area contributed by atoms with Crippen molar-refractivity contribution in [2.75, 3.05) is 0 Å². The lowest BCUT2D eigenvalue weighted by atomic mass is 10.1. The smallest absolute Gasteiger partial charge is 0.125 e. The maximum atomic E-state index is 4.49. The van der Waals surface area contributed by atoms with Gasteiger partial charge in [-0.2, -0.15) is 0 Å². The van der Waals surface area contributed by atoms with Crippen LogP contribution in [-0.2, 0) is 0 Å². The Hall–Kier alpha value is -2.07. The molecule has 1 saturated carbocycles. The van der Waals surface area contributed by atoms with Gasteiger partial charge >= 0.3 is 0 Å². The standard InChI is InChI=1S/C15H13N3S.C4H8/c1-10-4-3-5-12(8-10)14-15(19-9-17-14)13-6-7-16-11(2)18-13;1-4-2-3-4/h3-9H,1-2H3;4H,2-3H2,1H3. The van der Waals surface area contributed by atoms with Crippen molar-refractivity contribution in [3.63, 3.8) is 0 Å². The maximum Gasteiger partial charge on any atom is 0.125 e. The van der Waals surface area contributed by atoms with Crippen LogP contribution < -0.4 is 0 Å². The molecule has 0 saturated heterocycles. The van der Waals surface area contributed by atoms with Crippen molar-refractivity contribution in [2.45, 2.75) is 33.6 Å². The zero-order chi connectivity index (χ0) is 16.2. The zero-order valence-electron chi connectivity index (χ0n) is 13.8. The minimum atomic E-state index is 0.779. The summed E-state index contributed by atoms with van der Waals surface area (Å²) in [5.41, 5.74) is 6.16. The minimum Gasteiger partial charge on any atom is -0.244 e. The zero-order valence-corrected chi connectivity index (χ0v) is 14.6. The van der Waals surface area contributed by atoms with Gasteiger partial charge in [0.1, 0.15) is 5.82 Å². The van der Waals surface area contributed by atoms with Crippen LogP contribution in [0.5, 0.6) is 0 Å². The normalized spacial score (nSPS) is 13.3. The first kappa shape index (κ1) is 15.8. The molecule has 1 aromatic carbocycles. The van der Waals surface area contributed by atoms with Gasteiger partial charge < -0.3 is 0 Å². The first-order chi connectivity index (χ1) is 11.1. The van der Waals surface area contributed by atoms with Crippen LogP contribution in [0.3, 0.4) is 0 Å². The number of hydrogen-bond donors (Lipinski definition) is 0. The average Bonchev–Trinajstić information content (AvgIpc) is 3.17. The van der Waals surface area contributed by atoms with E-state index in [4.69, 9.17) is 0 Å². The third kappa shape index (κ3) is 4.23. The molecule has 1 fully saturated rings. The molecule has 23 heavy (non-hydrogen) atoms. The number of nitrogens with zero attached hydrogens (tertiary/aromatic N) is 3. The maximum absolute atomic E-state index is 4.49. The molecule has 1 aliphatic carbocycles. The molecule has 0 radical (unpaired) electrons. The van der Waals surface area contributed by atoms with E-state index in [2.05, 4.69) is 53.1 Å². The first-order valence-electron chi connectivity index (χ1n) is 7.94. The summed E-state index contributed by atoms with van der Waals surface area (Å²) < 4.78 is 0. The molecule has 0 unspecified atom stereocenters. The van der Waals surface area contributed by atoms with E-state index < -0.39 is 0 Å². The SMILES string of the molecule is CC1CC1.Cc1cccc(-c2ncsc2-c2ccnc(C)n2)c1. The van der Waals surface area contributed by atoms with E-state index in [9.17, 15) is 0 Å². The summed E-state index contributed by atoms with van der Waals surface area (Å²) in [6.07, 6.45) is 4.76. The summed E-state index contributed by atoms with van der Waals surface area (Å²) in [4.78, 5) is 14.2. The quantitative estimate of drug-likeness (QED) is 0.642. The van der Waals surface area contributed by atoms with Gasteiger partial charge in [0.15, 0.2) is 0 Å². The third-order valence-electron chi connectivity index (χ3n) is 3.73. The fourth-order valence-corrected chi connectivity index (χ4v) is 2.96. The second kappa shape index (κ2) is 7.01. The van der Waals surface area contributed by atoms with Crippen LogP contribution in [0.15, 0.2) is 42.0 Å². The van der Waals surface area contributed by atoms with Gasteiger partial charge in [0.25, 0.3) is 0 Å². The topological polar surface area (TPSA) is 38.7 Å². The summed E-state index contributed by atoms with van der Waals surface area (Å²) in [7, 11) is 0. The van der Waals surface area contributed by atoms with E-state index in [1.807, 2.05) is 18.5 Å². The van der Waals surface area contributed by atoms with E-state index in [1.165, 1.54) is 18.4 Å². The Bertz CT molecular complexity index is 731. The van der Waals surface area contributed by atoms with Gasteiger partial charge in [-0.1, -0.05) is 43.5 Å². The highest BCUT2D eigenvalue weighted by atomic mass is 32.1. The summed E-state index contributed by atoms with van der Waals surface area (Å²) in [6.45, 7) is 6.27. The van der Waals surface area contributed by atoms with Crippen LogP contribution in [0.25, 0.3) is 21.8 Å². The molecule has 1 aliphatic rings. The van der Waals surface area contributed by atoms with Gasteiger partial charge in [-0.05, 0) is 31.9 Å². The van der Waals surface area contributed by atoms with Crippen LogP contribution in [0.1, 0.15) is 31.2 Å². The lowest BCUT2D eigenvalue weighted by Gasteiger charge is -2.03. The van der Waals surface area contributed by atoms with Crippen molar-refractivity contribution >= 4 is 11.3 Å². The highest BCUT2D eigenvalue weighted by molar-refractivity contribution is 7.13. The third-order valence-corrected chi connectivity index (χ3v) is 4.58. The number of hydrogen-bond acceptors (Lipinski definition) is 4. The molecule has 4 heteroatoms. The number of aryl methyl sites for hydroxylation is 2. The number of rotatable bonds is 2. The molecule has 4 rings (SSSR count). The summed E-state index contributed by atoms with van der Waals surface area (Å²) >= 11 is 1.61. The van der Waals surface area contributed by atoms with Crippen molar-refractivity contribution in [3.8, 4) is 21.8 Å². The largest absolute Gasteiger partial charge is 0.244 e. The molecule has 3 aromatic rings. The molecular formula is C19H21N3S. The Labute approximate surface area is 141 Å². The molecule has 0 spiro atoms. The van der Waals surface area contributed by atoms with Crippen molar-refractivity contribution < 1.29 is 0 Å². The highest BCUT2D eigenvalue weighted by Gasteiger charge is 2.13. The molecule has 0 bridgehead atoms. The molecule has 118 valence electrons. The molecule has 0 N–H and O–H groups in total. The van der Waals surface area contributed by atoms with Gasteiger partial charge in [0, 0.05) is 11.8 Å². The fourth-order valence-electron chi connectivity index (χ4n) is 2.18. The van der Waals surface area contributed by atoms with Crippen LogP contribution in [0.4, 0.5) is 0 Å². The van der Waals surface area contributed by atoms with E-state index in [1.54, 1.807) is 17.5 Å². The average molecular weight is 323 g/mol. The second-order valence-corrected chi connectivity index (χ2v) is 6.93. The van der Waals surface area contributed by atoms with Crippen LogP contribution >= 0.6 is 11.3 Å². The monoisotopic (exact) mass is 323 g/mol. The van der Waals surface area contributed by atoms with Crippen LogP contribution in [-0.4, -0.2) is 15.0 Å². The van der Waals surface area contributed by atoms with E-state index in [0.717, 1.165) is 33.6 Å². The molecule has 0 atom stereocenters. The Morgan fingerprint density at radius 1 is 1.09 bits per heavy atom. The molecule has 0 amide bonds. The van der Waals surface area contributed by atoms with Crippen molar-refractivity contribution in [1.82, 2.24) is 15.0 Å². The molecular weight excluding hydrogens is 302 g/mol. The van der Waals surface area contributed by atoms with Crippen LogP contribution in [0, 0.1) is 19.8 Å². The lowest BCUT2D eigenvalue weighted by Crippen LogP contribution is -1.90. The van der Waals surface area contributed by atoms with Crippen molar-refractivity contribution in [1.29, 1.82) is 0 Å². The number of thiazole rings is 1. The fraction of sp³-hybridized carbons (Fsp3) is 0.316. The van der Waals surface area contributed by atoms with Crippen LogP contribution in [0.2, 0.25) is 0 Å². The number of aromatic nitrogens is 3. The van der Waals surface area contributed by atoms with Gasteiger partial charge in [-0.15, -0.1) is 11.3 Å². The van der Waals surface area contributed by atoms with Gasteiger partial charge in [-0.25, -0.2) is 15.0 Å². The summed E-state index contributed by atoms with van der Waals surface area (Å²) in [5, 5.41) is 0. The van der Waals surface area contributed by atoms with Crippen molar-refractivity contribution in [2.24, 2.45) is 5.92 Å². The Balaban J connectivity index is 0.000000341. The molecule has 3 nitrogen and oxygen atoms in total. The molecule has 2 aromatic heterocycles. The molecule has 2 heterocycles. The summed E-state index contributed by atoms with van der Waals surface area (Å²) in [6, 6.07) is 10.3. The second-order valence-electron chi connectivity index (χ2n) is 6.07. The minimum absolute atomic E-state index is 0.779. The van der Waals surface area contributed by atoms with Gasteiger partial charge in [-0.3, -0.25) is 0 Å². The van der Waals surface area contributed by atoms with E-state index >= 15 is 0 Å². The number of benzene rings is 1. The summed E-state index contributed by atoms with van der Waals surface area (Å²) in [5.74, 6) is 1.86. The Morgan fingerprint density at radius 2 is 1.87 bits per heavy atom. The Kier molecular flexibility index (Phi) is 4.82. The van der Waals surface area contributed by atoms with Crippen molar-refractivity contribution in [3.05, 3.63) is 53.4 Å². The van der Waals surface area contributed by atoms with E-state index in [0.29, 0.717) is 0 Å². The predicted octanol–water partition coefficient (Wildman–Crippen LogP) is 5.30. The lowest BCUT2D eigenvalue weighted by molar-refractivity contribution is 0.983. The van der Waals surface area contributed by atoms with Gasteiger partial charge in [0.05, 0.1) is 21.8 Å². The predicted molar refractivity (Wildman–Crippen MR) is 96.4 cm³/mol. The van der Waals surface area contributed by atoms with E-state index in [-0.39, 0.29) is 0 Å². The van der Waals surface area contributed by atoms with Gasteiger partial charge in [0.2, 0.25) is 0 Å². The Morgan fingerprint density at radius 3 is 2.52 bits per heavy atom.